The van der Waals surface area contributed by atoms with Gasteiger partial charge in [-0.2, -0.15) is 5.10 Å². The lowest BCUT2D eigenvalue weighted by molar-refractivity contribution is 0.508. The second-order valence-corrected chi connectivity index (χ2v) is 4.22. The summed E-state index contributed by atoms with van der Waals surface area (Å²) < 4.78 is 1.76. The highest BCUT2D eigenvalue weighted by Gasteiger charge is 2.14. The smallest absolute Gasteiger partial charge is 0.155 e. The Balaban J connectivity index is 2.36. The van der Waals surface area contributed by atoms with Gasteiger partial charge in [0.1, 0.15) is 0 Å². The maximum atomic E-state index is 5.92. The number of nitrogens with two attached hydrogens (primary N) is 1. The summed E-state index contributed by atoms with van der Waals surface area (Å²) in [6.07, 6.45) is 4.40. The van der Waals surface area contributed by atoms with E-state index in [-0.39, 0.29) is 5.54 Å². The molecule has 0 aliphatic heterocycles. The predicted octanol–water partition coefficient (Wildman–Crippen LogP) is 1.01. The minimum Gasteiger partial charge on any atom is -0.325 e. The van der Waals surface area contributed by atoms with Gasteiger partial charge in [-0.3, -0.25) is 0 Å². The molecule has 2 aromatic heterocycles. The molecule has 2 N–H and O–H groups in total. The van der Waals surface area contributed by atoms with Gasteiger partial charge in [-0.1, -0.05) is 0 Å². The Kier molecular flexibility index (Phi) is 2.00. The van der Waals surface area contributed by atoms with Crippen LogP contribution in [0.15, 0.2) is 24.5 Å². The molecule has 74 valence electrons. The number of aromatic nitrogens is 3. The van der Waals surface area contributed by atoms with Crippen molar-refractivity contribution in [3.8, 4) is 0 Å². The van der Waals surface area contributed by atoms with Crippen molar-refractivity contribution in [3.63, 3.8) is 0 Å². The molecule has 0 bridgehead atoms. The van der Waals surface area contributed by atoms with Crippen LogP contribution >= 0.6 is 0 Å². The van der Waals surface area contributed by atoms with Crippen LogP contribution in [0.25, 0.3) is 5.65 Å². The molecule has 2 aromatic rings. The highest BCUT2D eigenvalue weighted by Crippen LogP contribution is 2.09. The van der Waals surface area contributed by atoms with E-state index < -0.39 is 0 Å². The van der Waals surface area contributed by atoms with Gasteiger partial charge in [-0.05, 0) is 19.9 Å². The fourth-order valence-corrected chi connectivity index (χ4v) is 1.43. The molecule has 0 aliphatic carbocycles. The first-order chi connectivity index (χ1) is 6.54. The first-order valence-corrected chi connectivity index (χ1v) is 4.63. The van der Waals surface area contributed by atoms with Gasteiger partial charge >= 0.3 is 0 Å². The SMILES string of the molecule is CC(C)(N)Cc1cc2ncccn2n1. The second-order valence-electron chi connectivity index (χ2n) is 4.22. The lowest BCUT2D eigenvalue weighted by Crippen LogP contribution is -2.34. The van der Waals surface area contributed by atoms with Gasteiger partial charge in [0, 0.05) is 30.4 Å². The molecule has 0 amide bonds. The van der Waals surface area contributed by atoms with E-state index in [1.807, 2.05) is 32.2 Å². The van der Waals surface area contributed by atoms with E-state index in [0.717, 1.165) is 17.8 Å². The van der Waals surface area contributed by atoms with Crippen molar-refractivity contribution in [1.82, 2.24) is 14.6 Å². The van der Waals surface area contributed by atoms with Crippen molar-refractivity contribution in [1.29, 1.82) is 0 Å². The number of hydrogen-bond donors (Lipinski definition) is 1. The summed E-state index contributed by atoms with van der Waals surface area (Å²) in [5.41, 5.74) is 7.55. The molecule has 0 spiro atoms. The summed E-state index contributed by atoms with van der Waals surface area (Å²) in [6.45, 7) is 3.98. The van der Waals surface area contributed by atoms with E-state index in [4.69, 9.17) is 5.73 Å². The maximum absolute atomic E-state index is 5.92. The van der Waals surface area contributed by atoms with Crippen LogP contribution in [0.2, 0.25) is 0 Å². The van der Waals surface area contributed by atoms with Crippen LogP contribution in [0.1, 0.15) is 19.5 Å². The third-order valence-corrected chi connectivity index (χ3v) is 1.92. The van der Waals surface area contributed by atoms with Gasteiger partial charge in [0.2, 0.25) is 0 Å². The zero-order valence-electron chi connectivity index (χ0n) is 8.44. The summed E-state index contributed by atoms with van der Waals surface area (Å²) in [5.74, 6) is 0. The molecule has 2 heterocycles. The minimum absolute atomic E-state index is 0.224. The lowest BCUT2D eigenvalue weighted by Gasteiger charge is -2.15. The molecule has 2 rings (SSSR count). The zero-order valence-corrected chi connectivity index (χ0v) is 8.44. The highest BCUT2D eigenvalue weighted by molar-refractivity contribution is 5.38. The average molecular weight is 190 g/mol. The number of hydrogen-bond acceptors (Lipinski definition) is 3. The zero-order chi connectivity index (χ0) is 10.2. The van der Waals surface area contributed by atoms with Crippen LogP contribution < -0.4 is 5.73 Å². The minimum atomic E-state index is -0.224. The largest absolute Gasteiger partial charge is 0.325 e. The summed E-state index contributed by atoms with van der Waals surface area (Å²) in [7, 11) is 0. The van der Waals surface area contributed by atoms with Crippen LogP contribution in [-0.2, 0) is 6.42 Å². The maximum Gasteiger partial charge on any atom is 0.155 e. The Labute approximate surface area is 82.8 Å². The van der Waals surface area contributed by atoms with E-state index in [9.17, 15) is 0 Å². The van der Waals surface area contributed by atoms with E-state index >= 15 is 0 Å². The molecule has 0 unspecified atom stereocenters. The average Bonchev–Trinajstić information content (AvgIpc) is 2.42. The van der Waals surface area contributed by atoms with Crippen molar-refractivity contribution in [2.75, 3.05) is 0 Å². The lowest BCUT2D eigenvalue weighted by atomic mass is 10.0. The number of nitrogens with zero attached hydrogens (tertiary/aromatic N) is 3. The van der Waals surface area contributed by atoms with Crippen molar-refractivity contribution >= 4 is 5.65 Å². The van der Waals surface area contributed by atoms with E-state index in [1.165, 1.54) is 0 Å². The van der Waals surface area contributed by atoms with Gasteiger partial charge in [0.15, 0.2) is 5.65 Å². The molecule has 14 heavy (non-hydrogen) atoms. The van der Waals surface area contributed by atoms with Gasteiger partial charge < -0.3 is 5.73 Å². The first-order valence-electron chi connectivity index (χ1n) is 4.63. The summed E-state index contributed by atoms with van der Waals surface area (Å²) >= 11 is 0. The molecular weight excluding hydrogens is 176 g/mol. The Morgan fingerprint density at radius 3 is 2.93 bits per heavy atom. The Morgan fingerprint density at radius 1 is 1.50 bits per heavy atom. The third-order valence-electron chi connectivity index (χ3n) is 1.92. The van der Waals surface area contributed by atoms with Crippen molar-refractivity contribution in [3.05, 3.63) is 30.2 Å². The Morgan fingerprint density at radius 2 is 2.29 bits per heavy atom. The van der Waals surface area contributed by atoms with Crippen molar-refractivity contribution in [2.45, 2.75) is 25.8 Å². The van der Waals surface area contributed by atoms with Crippen LogP contribution in [-0.4, -0.2) is 20.1 Å². The van der Waals surface area contributed by atoms with Crippen LogP contribution in [0.4, 0.5) is 0 Å². The standard InChI is InChI=1S/C10H14N4/c1-10(2,11)7-8-6-9-12-4-3-5-14(9)13-8/h3-6H,7,11H2,1-2H3. The summed E-state index contributed by atoms with van der Waals surface area (Å²) in [5, 5.41) is 4.37. The molecule has 0 fully saturated rings. The predicted molar refractivity (Wildman–Crippen MR) is 55.0 cm³/mol. The van der Waals surface area contributed by atoms with E-state index in [1.54, 1.807) is 10.7 Å². The van der Waals surface area contributed by atoms with Crippen molar-refractivity contribution < 1.29 is 0 Å². The normalized spacial score (nSPS) is 12.2. The Bertz CT molecular complexity index is 406. The molecule has 4 nitrogen and oxygen atoms in total. The fourth-order valence-electron chi connectivity index (χ4n) is 1.43. The summed E-state index contributed by atoms with van der Waals surface area (Å²) in [6, 6.07) is 3.83. The van der Waals surface area contributed by atoms with Gasteiger partial charge in [0.05, 0.1) is 5.69 Å². The Hall–Kier alpha value is -1.42. The molecule has 0 atom stereocenters. The van der Waals surface area contributed by atoms with E-state index in [0.29, 0.717) is 0 Å². The molecule has 0 aromatic carbocycles. The topological polar surface area (TPSA) is 56.2 Å². The fraction of sp³-hybridized carbons (Fsp3) is 0.400. The molecule has 0 aliphatic rings. The van der Waals surface area contributed by atoms with Crippen LogP contribution in [0, 0.1) is 0 Å². The first kappa shape index (κ1) is 9.15. The van der Waals surface area contributed by atoms with Gasteiger partial charge in [-0.15, -0.1) is 0 Å². The molecule has 0 radical (unpaired) electrons. The highest BCUT2D eigenvalue weighted by atomic mass is 15.2. The number of fused-ring (bicyclic) bond motifs is 1. The quantitative estimate of drug-likeness (QED) is 0.768. The molecule has 0 saturated carbocycles. The second kappa shape index (κ2) is 3.06. The van der Waals surface area contributed by atoms with Crippen molar-refractivity contribution in [2.24, 2.45) is 5.73 Å². The van der Waals surface area contributed by atoms with Gasteiger partial charge in [0.25, 0.3) is 0 Å². The van der Waals surface area contributed by atoms with Crippen LogP contribution in [0.5, 0.6) is 0 Å². The monoisotopic (exact) mass is 190 g/mol. The summed E-state index contributed by atoms with van der Waals surface area (Å²) in [4.78, 5) is 4.19. The number of rotatable bonds is 2. The van der Waals surface area contributed by atoms with E-state index in [2.05, 4.69) is 10.1 Å². The molecule has 4 heteroatoms. The van der Waals surface area contributed by atoms with Crippen LogP contribution in [0.3, 0.4) is 0 Å². The molecule has 0 saturated heterocycles. The van der Waals surface area contributed by atoms with Gasteiger partial charge in [-0.25, -0.2) is 9.50 Å². The third kappa shape index (κ3) is 1.90. The molecular formula is C10H14N4.